The van der Waals surface area contributed by atoms with Crippen LogP contribution in [0.1, 0.15) is 38.0 Å². The van der Waals surface area contributed by atoms with Crippen molar-refractivity contribution >= 4 is 17.8 Å². The average Bonchev–Trinajstić information content (AvgIpc) is 3.67. The van der Waals surface area contributed by atoms with Crippen molar-refractivity contribution in [2.45, 2.75) is 6.92 Å². The van der Waals surface area contributed by atoms with E-state index in [9.17, 15) is 24.6 Å². The first kappa shape index (κ1) is 27.4. The molecule has 5 rings (SSSR count). The Morgan fingerprint density at radius 2 is 1.19 bits per heavy atom. The van der Waals surface area contributed by atoms with E-state index in [2.05, 4.69) is 25.6 Å². The summed E-state index contributed by atoms with van der Waals surface area (Å²) in [5, 5.41) is 54.9. The van der Waals surface area contributed by atoms with E-state index in [0.717, 1.165) is 0 Å². The minimum atomic E-state index is -1.28. The molecule has 15 nitrogen and oxygen atoms in total. The van der Waals surface area contributed by atoms with Gasteiger partial charge in [0.1, 0.15) is 34.0 Å². The van der Waals surface area contributed by atoms with Crippen LogP contribution in [0.3, 0.4) is 0 Å². The number of benzene rings is 2. The van der Waals surface area contributed by atoms with Crippen molar-refractivity contribution in [3.63, 3.8) is 0 Å². The van der Waals surface area contributed by atoms with Crippen LogP contribution in [-0.4, -0.2) is 91.7 Å². The molecular weight excluding hydrogens is 548 g/mol. The Hall–Kier alpha value is -6.12. The van der Waals surface area contributed by atoms with E-state index >= 15 is 0 Å². The Morgan fingerprint density at radius 3 is 1.57 bits per heavy atom. The summed E-state index contributed by atoms with van der Waals surface area (Å²) in [5.41, 5.74) is 1.53. The Bertz CT molecular complexity index is 1740. The summed E-state index contributed by atoms with van der Waals surface area (Å²) < 4.78 is 2.64. The van der Waals surface area contributed by atoms with Crippen LogP contribution in [0.15, 0.2) is 60.9 Å². The number of carboxylic acids is 2. The number of aromatic hydroxyl groups is 2. The third kappa shape index (κ3) is 5.21. The van der Waals surface area contributed by atoms with Gasteiger partial charge in [-0.15, -0.1) is 10.2 Å². The Labute approximate surface area is 236 Å². The number of hydrogen-bond acceptors (Lipinski definition) is 10. The van der Waals surface area contributed by atoms with Crippen LogP contribution in [0.5, 0.6) is 11.5 Å². The van der Waals surface area contributed by atoms with Crippen molar-refractivity contribution in [2.24, 2.45) is 0 Å². The zero-order chi connectivity index (χ0) is 30.1. The van der Waals surface area contributed by atoms with Crippen LogP contribution in [-0.2, 0) is 0 Å². The molecule has 0 aliphatic heterocycles. The van der Waals surface area contributed by atoms with Crippen molar-refractivity contribution < 1.29 is 34.8 Å². The summed E-state index contributed by atoms with van der Waals surface area (Å²) in [5.74, 6) is -3.73. The molecule has 0 saturated carbocycles. The summed E-state index contributed by atoms with van der Waals surface area (Å²) in [6.07, 6.45) is 3.01. The van der Waals surface area contributed by atoms with Gasteiger partial charge in [-0.3, -0.25) is 4.79 Å². The third-order valence-corrected chi connectivity index (χ3v) is 6.36. The molecule has 15 heteroatoms. The van der Waals surface area contributed by atoms with Gasteiger partial charge in [0, 0.05) is 31.3 Å². The molecule has 0 unspecified atom stereocenters. The molecule has 212 valence electrons. The first-order chi connectivity index (χ1) is 20.0. The standard InChI is InChI=1S/C27H22N8O7/c1-3-33(2)25(38)14-8-19(21-12-34(31-29-21)15-4-6-17(26(39)40)23(36)10-15)28-20(9-14)22-13-35(32-30-22)16-5-7-18(27(41)42)24(37)11-16/h4-13,36-37H,3H2,1-2H3,(H,39,40)(H,41,42). The zero-order valence-electron chi connectivity index (χ0n) is 22.1. The molecule has 0 fully saturated rings. The summed E-state index contributed by atoms with van der Waals surface area (Å²) in [4.78, 5) is 41.7. The maximum absolute atomic E-state index is 13.1. The highest BCUT2D eigenvalue weighted by Gasteiger charge is 2.19. The molecule has 42 heavy (non-hydrogen) atoms. The first-order valence-electron chi connectivity index (χ1n) is 12.3. The average molecular weight is 571 g/mol. The summed E-state index contributed by atoms with van der Waals surface area (Å²) in [6, 6.07) is 10.9. The Morgan fingerprint density at radius 1 is 0.738 bits per heavy atom. The van der Waals surface area contributed by atoms with Gasteiger partial charge in [-0.05, 0) is 43.3 Å². The molecule has 0 aliphatic carbocycles. The van der Waals surface area contributed by atoms with Gasteiger partial charge in [-0.1, -0.05) is 10.4 Å². The van der Waals surface area contributed by atoms with Gasteiger partial charge in [-0.25, -0.2) is 23.9 Å². The highest BCUT2D eigenvalue weighted by atomic mass is 16.4. The number of phenols is 2. The molecule has 0 bridgehead atoms. The molecule has 3 aromatic heterocycles. The topological polar surface area (TPSA) is 210 Å². The number of amides is 1. The predicted octanol–water partition coefficient (Wildman–Crippen LogP) is 2.48. The second-order valence-electron chi connectivity index (χ2n) is 9.06. The van der Waals surface area contributed by atoms with E-state index in [1.807, 2.05) is 6.92 Å². The molecule has 5 aromatic rings. The second-order valence-corrected chi connectivity index (χ2v) is 9.06. The van der Waals surface area contributed by atoms with Crippen LogP contribution >= 0.6 is 0 Å². The molecule has 2 aromatic carbocycles. The van der Waals surface area contributed by atoms with Crippen molar-refractivity contribution in [3.8, 4) is 45.6 Å². The summed E-state index contributed by atoms with van der Waals surface area (Å²) in [6.45, 7) is 2.28. The zero-order valence-corrected chi connectivity index (χ0v) is 22.1. The van der Waals surface area contributed by atoms with Crippen molar-refractivity contribution in [1.29, 1.82) is 0 Å². The molecule has 1 amide bonds. The fraction of sp³-hybridized carbons (Fsp3) is 0.111. The number of rotatable bonds is 8. The number of nitrogens with zero attached hydrogens (tertiary/aromatic N) is 8. The van der Waals surface area contributed by atoms with Gasteiger partial charge in [0.25, 0.3) is 5.91 Å². The number of carboxylic acid groups (broad SMARTS) is 2. The lowest BCUT2D eigenvalue weighted by Crippen LogP contribution is -2.26. The van der Waals surface area contributed by atoms with Crippen molar-refractivity contribution in [1.82, 2.24) is 39.9 Å². The second kappa shape index (κ2) is 10.8. The van der Waals surface area contributed by atoms with Crippen LogP contribution in [0.2, 0.25) is 0 Å². The van der Waals surface area contributed by atoms with Gasteiger partial charge < -0.3 is 25.3 Å². The van der Waals surface area contributed by atoms with E-state index in [-0.39, 0.29) is 45.4 Å². The van der Waals surface area contributed by atoms with Crippen molar-refractivity contribution in [2.75, 3.05) is 13.6 Å². The maximum atomic E-state index is 13.1. The SMILES string of the molecule is CCN(C)C(=O)c1cc(-c2cn(-c3ccc(C(=O)O)c(O)c3)nn2)nc(-c2cn(-c3ccc(C(=O)O)c(O)c3)nn2)c1. The van der Waals surface area contributed by atoms with E-state index in [1.54, 1.807) is 19.2 Å². The lowest BCUT2D eigenvalue weighted by molar-refractivity contribution is 0.0682. The normalized spacial score (nSPS) is 10.9. The highest BCUT2D eigenvalue weighted by Crippen LogP contribution is 2.27. The Kier molecular flexibility index (Phi) is 7.06. The number of aromatic carboxylic acids is 2. The van der Waals surface area contributed by atoms with Gasteiger partial charge in [0.05, 0.1) is 35.2 Å². The lowest BCUT2D eigenvalue weighted by Gasteiger charge is -2.15. The smallest absolute Gasteiger partial charge is 0.339 e. The number of pyridine rings is 1. The molecule has 3 heterocycles. The van der Waals surface area contributed by atoms with E-state index in [4.69, 9.17) is 10.2 Å². The molecule has 4 N–H and O–H groups in total. The minimum Gasteiger partial charge on any atom is -0.507 e. The van der Waals surface area contributed by atoms with Crippen LogP contribution in [0.4, 0.5) is 0 Å². The minimum absolute atomic E-state index is 0.266. The number of hydrogen-bond donors (Lipinski definition) is 4. The molecule has 0 saturated heterocycles. The monoisotopic (exact) mass is 570 g/mol. The number of carbonyl (C=O) groups excluding carboxylic acids is 1. The molecule has 0 spiro atoms. The first-order valence-corrected chi connectivity index (χ1v) is 12.3. The predicted molar refractivity (Wildman–Crippen MR) is 145 cm³/mol. The third-order valence-electron chi connectivity index (χ3n) is 6.36. The molecule has 0 atom stereocenters. The van der Waals surface area contributed by atoms with Gasteiger partial charge >= 0.3 is 11.9 Å². The fourth-order valence-electron chi connectivity index (χ4n) is 3.98. The lowest BCUT2D eigenvalue weighted by atomic mass is 10.1. The molecular formula is C27H22N8O7. The van der Waals surface area contributed by atoms with E-state index in [0.29, 0.717) is 17.9 Å². The van der Waals surface area contributed by atoms with Gasteiger partial charge in [-0.2, -0.15) is 0 Å². The molecule has 0 aliphatic rings. The Balaban J connectivity index is 1.55. The van der Waals surface area contributed by atoms with Crippen LogP contribution < -0.4 is 0 Å². The summed E-state index contributed by atoms with van der Waals surface area (Å²) >= 11 is 0. The maximum Gasteiger partial charge on any atom is 0.339 e. The fourth-order valence-corrected chi connectivity index (χ4v) is 3.98. The van der Waals surface area contributed by atoms with Gasteiger partial charge in [0.2, 0.25) is 0 Å². The van der Waals surface area contributed by atoms with E-state index < -0.39 is 23.4 Å². The number of carbonyl (C=O) groups is 3. The molecule has 0 radical (unpaired) electrons. The van der Waals surface area contributed by atoms with E-state index in [1.165, 1.54) is 63.1 Å². The van der Waals surface area contributed by atoms with Crippen LogP contribution in [0, 0.1) is 0 Å². The largest absolute Gasteiger partial charge is 0.507 e. The highest BCUT2D eigenvalue weighted by molar-refractivity contribution is 5.96. The quantitative estimate of drug-likeness (QED) is 0.212. The van der Waals surface area contributed by atoms with Crippen molar-refractivity contribution in [3.05, 3.63) is 77.6 Å². The summed E-state index contributed by atoms with van der Waals surface area (Å²) in [7, 11) is 1.65. The van der Waals surface area contributed by atoms with Crippen LogP contribution in [0.25, 0.3) is 34.2 Å². The van der Waals surface area contributed by atoms with Gasteiger partial charge in [0.15, 0.2) is 0 Å². The number of aromatic nitrogens is 7.